The summed E-state index contributed by atoms with van der Waals surface area (Å²) in [6.45, 7) is 2.33. The van der Waals surface area contributed by atoms with Crippen molar-refractivity contribution in [2.75, 3.05) is 24.4 Å². The van der Waals surface area contributed by atoms with Crippen LogP contribution in [0.4, 0.5) is 11.4 Å². The number of ether oxygens (including phenoxy) is 3. The highest BCUT2D eigenvalue weighted by molar-refractivity contribution is 6.31. The molecular weight excluding hydrogens is 476 g/mol. The van der Waals surface area contributed by atoms with E-state index in [2.05, 4.69) is 10.6 Å². The Labute approximate surface area is 215 Å². The van der Waals surface area contributed by atoms with Gasteiger partial charge in [-0.25, -0.2) is 0 Å². The van der Waals surface area contributed by atoms with E-state index in [1.54, 1.807) is 25.3 Å². The molecule has 2 N–H and O–H groups in total. The fourth-order valence-corrected chi connectivity index (χ4v) is 3.64. The van der Waals surface area contributed by atoms with E-state index in [4.69, 9.17) is 25.8 Å². The van der Waals surface area contributed by atoms with E-state index in [0.717, 1.165) is 28.3 Å². The molecule has 0 unspecified atom stereocenters. The summed E-state index contributed by atoms with van der Waals surface area (Å²) in [5.41, 5.74) is 3.54. The summed E-state index contributed by atoms with van der Waals surface area (Å²) in [5.74, 6) is 2.32. The van der Waals surface area contributed by atoms with Gasteiger partial charge in [-0.05, 0) is 78.7 Å². The second kappa shape index (κ2) is 12.0. The number of hydrogen-bond acceptors (Lipinski definition) is 5. The van der Waals surface area contributed by atoms with Crippen LogP contribution < -0.4 is 24.8 Å². The molecule has 0 saturated carbocycles. The number of halogens is 1. The lowest BCUT2D eigenvalue weighted by Gasteiger charge is -2.14. The predicted octanol–water partition coefficient (Wildman–Crippen LogP) is 7.08. The lowest BCUT2D eigenvalue weighted by atomic mass is 10.2. The van der Waals surface area contributed by atoms with Crippen LogP contribution in [0.15, 0.2) is 91.0 Å². The van der Waals surface area contributed by atoms with Gasteiger partial charge < -0.3 is 24.8 Å². The Morgan fingerprint density at radius 3 is 2.36 bits per heavy atom. The molecule has 0 radical (unpaired) electrons. The molecule has 36 heavy (non-hydrogen) atoms. The molecule has 4 aromatic carbocycles. The van der Waals surface area contributed by atoms with Gasteiger partial charge in [-0.3, -0.25) is 4.79 Å². The third-order valence-electron chi connectivity index (χ3n) is 5.39. The van der Waals surface area contributed by atoms with Gasteiger partial charge in [-0.2, -0.15) is 0 Å². The fourth-order valence-electron chi connectivity index (χ4n) is 3.47. The van der Waals surface area contributed by atoms with Crippen LogP contribution in [0.3, 0.4) is 0 Å². The number of aryl methyl sites for hydroxylation is 1. The first-order chi connectivity index (χ1) is 17.5. The van der Waals surface area contributed by atoms with Crippen molar-refractivity contribution >= 4 is 28.9 Å². The van der Waals surface area contributed by atoms with E-state index in [0.29, 0.717) is 28.8 Å². The molecule has 0 aliphatic heterocycles. The summed E-state index contributed by atoms with van der Waals surface area (Å²) in [6, 6.07) is 28.4. The molecule has 7 heteroatoms. The lowest BCUT2D eigenvalue weighted by Crippen LogP contribution is -2.20. The molecule has 6 nitrogen and oxygen atoms in total. The molecule has 0 heterocycles. The number of hydrogen-bond donors (Lipinski definition) is 2. The highest BCUT2D eigenvalue weighted by Crippen LogP contribution is 2.29. The number of carbonyl (C=O) groups excluding carboxylic acids is 1. The number of methoxy groups -OCH3 is 1. The number of anilines is 2. The molecule has 0 bridgehead atoms. The standard InChI is InChI=1S/C29H27ClN2O4/c1-20-8-10-22(30)17-26(20)32-29(33)19-35-27-15-9-21(16-28(27)34-2)18-31-23-11-13-25(14-12-23)36-24-6-4-3-5-7-24/h3-17,31H,18-19H2,1-2H3,(H,32,33). The molecule has 0 spiro atoms. The number of carbonyl (C=O) groups is 1. The van der Waals surface area contributed by atoms with Crippen molar-refractivity contribution in [3.8, 4) is 23.0 Å². The second-order valence-electron chi connectivity index (χ2n) is 8.07. The van der Waals surface area contributed by atoms with Crippen molar-refractivity contribution in [3.63, 3.8) is 0 Å². The molecule has 184 valence electrons. The number of rotatable bonds is 10. The molecule has 0 fully saturated rings. The second-order valence-corrected chi connectivity index (χ2v) is 8.51. The minimum atomic E-state index is -0.284. The molecule has 0 atom stereocenters. The summed E-state index contributed by atoms with van der Waals surface area (Å²) in [5, 5.41) is 6.76. The Morgan fingerprint density at radius 1 is 0.861 bits per heavy atom. The maximum Gasteiger partial charge on any atom is 0.262 e. The van der Waals surface area contributed by atoms with Crippen molar-refractivity contribution in [1.29, 1.82) is 0 Å². The third kappa shape index (κ3) is 6.93. The van der Waals surface area contributed by atoms with E-state index in [9.17, 15) is 4.79 Å². The molecule has 4 rings (SSSR count). The Kier molecular flexibility index (Phi) is 8.32. The zero-order chi connectivity index (χ0) is 25.3. The van der Waals surface area contributed by atoms with Gasteiger partial charge in [0.15, 0.2) is 18.1 Å². The van der Waals surface area contributed by atoms with E-state index in [-0.39, 0.29) is 12.5 Å². The third-order valence-corrected chi connectivity index (χ3v) is 5.63. The molecule has 0 saturated heterocycles. The van der Waals surface area contributed by atoms with Gasteiger partial charge in [0.2, 0.25) is 0 Å². The monoisotopic (exact) mass is 502 g/mol. The summed E-state index contributed by atoms with van der Waals surface area (Å²) >= 11 is 6.02. The lowest BCUT2D eigenvalue weighted by molar-refractivity contribution is -0.118. The molecular formula is C29H27ClN2O4. The summed E-state index contributed by atoms with van der Waals surface area (Å²) in [4.78, 5) is 12.4. The Morgan fingerprint density at radius 2 is 1.61 bits per heavy atom. The van der Waals surface area contributed by atoms with Crippen LogP contribution in [-0.2, 0) is 11.3 Å². The number of para-hydroxylation sites is 1. The number of benzene rings is 4. The minimum Gasteiger partial charge on any atom is -0.493 e. The SMILES string of the molecule is COc1cc(CNc2ccc(Oc3ccccc3)cc2)ccc1OCC(=O)Nc1cc(Cl)ccc1C. The normalized spacial score (nSPS) is 10.4. The van der Waals surface area contributed by atoms with Gasteiger partial charge in [-0.1, -0.05) is 41.9 Å². The van der Waals surface area contributed by atoms with Crippen LogP contribution in [0, 0.1) is 6.92 Å². The first-order valence-electron chi connectivity index (χ1n) is 11.4. The number of amides is 1. The minimum absolute atomic E-state index is 0.155. The van der Waals surface area contributed by atoms with Gasteiger partial charge in [0.05, 0.1) is 7.11 Å². The van der Waals surface area contributed by atoms with Crippen molar-refractivity contribution in [2.45, 2.75) is 13.5 Å². The molecule has 0 aliphatic rings. The zero-order valence-electron chi connectivity index (χ0n) is 20.1. The van der Waals surface area contributed by atoms with E-state index in [1.807, 2.05) is 79.7 Å². The van der Waals surface area contributed by atoms with E-state index >= 15 is 0 Å². The van der Waals surface area contributed by atoms with Crippen LogP contribution >= 0.6 is 11.6 Å². The molecule has 0 aliphatic carbocycles. The van der Waals surface area contributed by atoms with E-state index in [1.165, 1.54) is 0 Å². The first-order valence-corrected chi connectivity index (χ1v) is 11.8. The molecule has 1 amide bonds. The van der Waals surface area contributed by atoms with Crippen LogP contribution in [0.1, 0.15) is 11.1 Å². The van der Waals surface area contributed by atoms with Crippen LogP contribution in [-0.4, -0.2) is 19.6 Å². The Bertz CT molecular complexity index is 1310. The maximum absolute atomic E-state index is 12.4. The van der Waals surface area contributed by atoms with Gasteiger partial charge in [0.25, 0.3) is 5.91 Å². The van der Waals surface area contributed by atoms with Crippen molar-refractivity contribution in [3.05, 3.63) is 107 Å². The average molecular weight is 503 g/mol. The average Bonchev–Trinajstić information content (AvgIpc) is 2.90. The fraction of sp³-hybridized carbons (Fsp3) is 0.138. The van der Waals surface area contributed by atoms with Crippen molar-refractivity contribution in [2.24, 2.45) is 0 Å². The largest absolute Gasteiger partial charge is 0.493 e. The summed E-state index contributed by atoms with van der Waals surface area (Å²) < 4.78 is 17.0. The zero-order valence-corrected chi connectivity index (χ0v) is 20.8. The Hall–Kier alpha value is -4.16. The predicted molar refractivity (Wildman–Crippen MR) is 144 cm³/mol. The topological polar surface area (TPSA) is 68.8 Å². The van der Waals surface area contributed by atoms with Gasteiger partial charge in [0, 0.05) is 22.9 Å². The van der Waals surface area contributed by atoms with Crippen molar-refractivity contribution in [1.82, 2.24) is 0 Å². The summed E-state index contributed by atoms with van der Waals surface area (Å²) in [6.07, 6.45) is 0. The smallest absolute Gasteiger partial charge is 0.262 e. The first kappa shape index (κ1) is 24.9. The summed E-state index contributed by atoms with van der Waals surface area (Å²) in [7, 11) is 1.57. The van der Waals surface area contributed by atoms with E-state index < -0.39 is 0 Å². The highest BCUT2D eigenvalue weighted by atomic mass is 35.5. The molecule has 4 aromatic rings. The molecule has 0 aromatic heterocycles. The van der Waals surface area contributed by atoms with Crippen LogP contribution in [0.5, 0.6) is 23.0 Å². The maximum atomic E-state index is 12.4. The Balaban J connectivity index is 1.30. The highest BCUT2D eigenvalue weighted by Gasteiger charge is 2.11. The van der Waals surface area contributed by atoms with Gasteiger partial charge in [-0.15, -0.1) is 0 Å². The van der Waals surface area contributed by atoms with Crippen LogP contribution in [0.25, 0.3) is 0 Å². The van der Waals surface area contributed by atoms with Crippen LogP contribution in [0.2, 0.25) is 5.02 Å². The number of nitrogens with one attached hydrogen (secondary N) is 2. The quantitative estimate of drug-likeness (QED) is 0.242. The van der Waals surface area contributed by atoms with Gasteiger partial charge in [0.1, 0.15) is 11.5 Å². The van der Waals surface area contributed by atoms with Crippen molar-refractivity contribution < 1.29 is 19.0 Å². The van der Waals surface area contributed by atoms with Gasteiger partial charge >= 0.3 is 0 Å².